The van der Waals surface area contributed by atoms with Crippen LogP contribution in [0.15, 0.2) is 12.3 Å². The molecule has 0 aliphatic carbocycles. The lowest BCUT2D eigenvalue weighted by atomic mass is 9.98. The van der Waals surface area contributed by atoms with Gasteiger partial charge in [-0.15, -0.1) is 0 Å². The highest BCUT2D eigenvalue weighted by atomic mass is 19.4. The smallest absolute Gasteiger partial charge is 0.375 e. The summed E-state index contributed by atoms with van der Waals surface area (Å²) in [6.45, 7) is 1.71. The van der Waals surface area contributed by atoms with Crippen molar-refractivity contribution < 1.29 is 23.2 Å². The minimum Gasteiger partial charge on any atom is -0.375 e. The van der Waals surface area contributed by atoms with Crippen molar-refractivity contribution in [2.45, 2.75) is 25.6 Å². The van der Waals surface area contributed by atoms with Crippen molar-refractivity contribution >= 4 is 5.69 Å². The molecule has 0 bridgehead atoms. The highest BCUT2D eigenvalue weighted by molar-refractivity contribution is 5.46. The van der Waals surface area contributed by atoms with Crippen LogP contribution in [0.1, 0.15) is 18.2 Å². The first-order valence-electron chi connectivity index (χ1n) is 4.48. The fourth-order valence-corrected chi connectivity index (χ4v) is 1.27. The van der Waals surface area contributed by atoms with Crippen molar-refractivity contribution in [1.82, 2.24) is 4.98 Å². The maximum absolute atomic E-state index is 12.6. The fraction of sp³-hybridized carbons (Fsp3) is 0.444. The molecule has 94 valence electrons. The van der Waals surface area contributed by atoms with Crippen LogP contribution in [-0.4, -0.2) is 21.2 Å². The summed E-state index contributed by atoms with van der Waals surface area (Å²) in [6.07, 6.45) is -4.06. The van der Waals surface area contributed by atoms with E-state index in [4.69, 9.17) is 0 Å². The number of aliphatic hydroxyl groups is 1. The van der Waals surface area contributed by atoms with E-state index in [2.05, 4.69) is 4.98 Å². The van der Waals surface area contributed by atoms with Crippen molar-refractivity contribution in [3.05, 3.63) is 33.6 Å². The van der Waals surface area contributed by atoms with Gasteiger partial charge in [-0.1, -0.05) is 0 Å². The number of alkyl halides is 3. The van der Waals surface area contributed by atoms with Crippen LogP contribution in [0.25, 0.3) is 0 Å². The summed E-state index contributed by atoms with van der Waals surface area (Å²) in [7, 11) is 0. The zero-order valence-corrected chi connectivity index (χ0v) is 8.95. The lowest BCUT2D eigenvalue weighted by Gasteiger charge is -2.25. The van der Waals surface area contributed by atoms with E-state index in [1.54, 1.807) is 0 Å². The SMILES string of the molecule is Cc1ccnc(C(C)(O)C(F)(F)F)c1[N+](=O)[O-]. The zero-order valence-electron chi connectivity index (χ0n) is 8.95. The Morgan fingerprint density at radius 3 is 2.41 bits per heavy atom. The summed E-state index contributed by atoms with van der Waals surface area (Å²) in [5.74, 6) is 0. The minimum absolute atomic E-state index is 0.00419. The van der Waals surface area contributed by atoms with Gasteiger partial charge in [0.25, 0.3) is 5.69 Å². The summed E-state index contributed by atoms with van der Waals surface area (Å²) in [4.78, 5) is 13.0. The molecule has 0 fully saturated rings. The fourth-order valence-electron chi connectivity index (χ4n) is 1.27. The Bertz CT molecular complexity index is 457. The van der Waals surface area contributed by atoms with Crippen LogP contribution in [0.4, 0.5) is 18.9 Å². The molecule has 1 N–H and O–H groups in total. The maximum atomic E-state index is 12.6. The second kappa shape index (κ2) is 3.95. The number of rotatable bonds is 2. The van der Waals surface area contributed by atoms with E-state index in [-0.39, 0.29) is 5.56 Å². The van der Waals surface area contributed by atoms with Gasteiger partial charge in [-0.05, 0) is 19.9 Å². The van der Waals surface area contributed by atoms with Gasteiger partial charge in [0.05, 0.1) is 4.92 Å². The highest BCUT2D eigenvalue weighted by Gasteiger charge is 2.55. The third-order valence-electron chi connectivity index (χ3n) is 2.32. The molecule has 1 heterocycles. The molecule has 0 aliphatic rings. The molecule has 0 spiro atoms. The Hall–Kier alpha value is -1.70. The molecule has 0 aromatic carbocycles. The first-order chi connectivity index (χ1) is 7.59. The molecule has 1 rings (SSSR count). The van der Waals surface area contributed by atoms with E-state index in [9.17, 15) is 28.4 Å². The van der Waals surface area contributed by atoms with Crippen LogP contribution in [0, 0.1) is 17.0 Å². The van der Waals surface area contributed by atoms with Gasteiger partial charge < -0.3 is 5.11 Å². The number of hydrogen-bond donors (Lipinski definition) is 1. The van der Waals surface area contributed by atoms with Crippen LogP contribution in [-0.2, 0) is 5.60 Å². The largest absolute Gasteiger partial charge is 0.422 e. The quantitative estimate of drug-likeness (QED) is 0.643. The van der Waals surface area contributed by atoms with Gasteiger partial charge in [0.15, 0.2) is 5.69 Å². The van der Waals surface area contributed by atoms with Crippen LogP contribution in [0.3, 0.4) is 0 Å². The number of aryl methyl sites for hydroxylation is 1. The number of pyridine rings is 1. The molecule has 8 heteroatoms. The molecular weight excluding hydrogens is 241 g/mol. The first-order valence-corrected chi connectivity index (χ1v) is 4.48. The molecule has 0 amide bonds. The van der Waals surface area contributed by atoms with Crippen molar-refractivity contribution in [3.63, 3.8) is 0 Å². The van der Waals surface area contributed by atoms with Crippen LogP contribution < -0.4 is 0 Å². The molecule has 1 atom stereocenters. The second-order valence-corrected chi connectivity index (χ2v) is 3.65. The van der Waals surface area contributed by atoms with Gasteiger partial charge in [0.1, 0.15) is 0 Å². The number of aromatic nitrogens is 1. The summed E-state index contributed by atoms with van der Waals surface area (Å²) >= 11 is 0. The molecule has 1 aromatic rings. The molecule has 0 aliphatic heterocycles. The highest BCUT2D eigenvalue weighted by Crippen LogP contribution is 2.41. The summed E-state index contributed by atoms with van der Waals surface area (Å²) in [5, 5.41) is 20.1. The zero-order chi connectivity index (χ0) is 13.4. The molecule has 0 saturated heterocycles. The Kier molecular flexibility index (Phi) is 3.11. The Balaban J connectivity index is 3.52. The van der Waals surface area contributed by atoms with Gasteiger partial charge >= 0.3 is 6.18 Å². The number of hydrogen-bond acceptors (Lipinski definition) is 4. The lowest BCUT2D eigenvalue weighted by molar-refractivity contribution is -0.389. The summed E-state index contributed by atoms with van der Waals surface area (Å²) in [5.41, 5.74) is -5.18. The predicted molar refractivity (Wildman–Crippen MR) is 51.3 cm³/mol. The van der Waals surface area contributed by atoms with Crippen molar-refractivity contribution in [2.75, 3.05) is 0 Å². The van der Waals surface area contributed by atoms with Gasteiger partial charge in [0.2, 0.25) is 5.60 Å². The van der Waals surface area contributed by atoms with E-state index < -0.39 is 28.1 Å². The van der Waals surface area contributed by atoms with Crippen LogP contribution in [0.2, 0.25) is 0 Å². The molecule has 0 radical (unpaired) electrons. The molecule has 17 heavy (non-hydrogen) atoms. The lowest BCUT2D eigenvalue weighted by Crippen LogP contribution is -2.40. The number of nitro groups is 1. The van der Waals surface area contributed by atoms with Crippen molar-refractivity contribution in [3.8, 4) is 0 Å². The third-order valence-corrected chi connectivity index (χ3v) is 2.32. The second-order valence-electron chi connectivity index (χ2n) is 3.65. The minimum atomic E-state index is -5.04. The van der Waals surface area contributed by atoms with E-state index in [0.29, 0.717) is 6.92 Å². The molecule has 0 saturated carbocycles. The van der Waals surface area contributed by atoms with Gasteiger partial charge in [-0.2, -0.15) is 13.2 Å². The molecule has 1 unspecified atom stereocenters. The van der Waals surface area contributed by atoms with Crippen molar-refractivity contribution in [1.29, 1.82) is 0 Å². The Morgan fingerprint density at radius 2 is 2.00 bits per heavy atom. The van der Waals surface area contributed by atoms with Gasteiger partial charge in [0, 0.05) is 11.8 Å². The molecular formula is C9H9F3N2O3. The Morgan fingerprint density at radius 1 is 1.47 bits per heavy atom. The molecule has 5 nitrogen and oxygen atoms in total. The average Bonchev–Trinajstić information content (AvgIpc) is 2.14. The standard InChI is InChI=1S/C9H9F3N2O3/c1-5-3-4-13-7(6(5)14(16)17)8(2,15)9(10,11)12/h3-4,15H,1-2H3. The first kappa shape index (κ1) is 13.4. The molecule has 1 aromatic heterocycles. The van der Waals surface area contributed by atoms with E-state index in [0.717, 1.165) is 6.20 Å². The van der Waals surface area contributed by atoms with E-state index in [1.165, 1.54) is 13.0 Å². The Labute approximate surface area is 94.1 Å². The van der Waals surface area contributed by atoms with E-state index in [1.807, 2.05) is 0 Å². The van der Waals surface area contributed by atoms with Crippen molar-refractivity contribution in [2.24, 2.45) is 0 Å². The maximum Gasteiger partial charge on any atom is 0.422 e. The third kappa shape index (κ3) is 2.21. The van der Waals surface area contributed by atoms with Crippen LogP contribution in [0.5, 0.6) is 0 Å². The van der Waals surface area contributed by atoms with Gasteiger partial charge in [-0.25, -0.2) is 0 Å². The monoisotopic (exact) mass is 250 g/mol. The number of halogens is 3. The normalized spacial score (nSPS) is 15.4. The summed E-state index contributed by atoms with van der Waals surface area (Å²) in [6, 6.07) is 1.20. The van der Waals surface area contributed by atoms with E-state index >= 15 is 0 Å². The summed E-state index contributed by atoms with van der Waals surface area (Å²) < 4.78 is 37.7. The number of nitrogens with zero attached hydrogens (tertiary/aromatic N) is 2. The topological polar surface area (TPSA) is 76.3 Å². The van der Waals surface area contributed by atoms with Gasteiger partial charge in [-0.3, -0.25) is 15.1 Å². The predicted octanol–water partition coefficient (Wildman–Crippen LogP) is 2.07. The van der Waals surface area contributed by atoms with Crippen LogP contribution >= 0.6 is 0 Å². The average molecular weight is 250 g/mol.